The number of rotatable bonds is 4. The molecule has 0 saturated carbocycles. The Morgan fingerprint density at radius 2 is 2.17 bits per heavy atom. The Hall–Kier alpha value is -2.10. The van der Waals surface area contributed by atoms with Crippen LogP contribution >= 0.6 is 0 Å². The minimum Gasteiger partial charge on any atom is -0.481 e. The van der Waals surface area contributed by atoms with Crippen LogP contribution in [0.5, 0.6) is 5.88 Å². The second-order valence-corrected chi connectivity index (χ2v) is 3.98. The van der Waals surface area contributed by atoms with Crippen molar-refractivity contribution in [2.24, 2.45) is 0 Å². The maximum atomic E-state index is 13.1. The monoisotopic (exact) mass is 246 g/mol. The summed E-state index contributed by atoms with van der Waals surface area (Å²) in [5.41, 5.74) is 2.71. The molecule has 0 fully saturated rings. The Morgan fingerprint density at radius 3 is 2.94 bits per heavy atom. The molecule has 4 heteroatoms. The van der Waals surface area contributed by atoms with Crippen LogP contribution in [0.4, 0.5) is 10.1 Å². The van der Waals surface area contributed by atoms with E-state index in [4.69, 9.17) is 4.74 Å². The summed E-state index contributed by atoms with van der Waals surface area (Å²) in [5.74, 6) is 0.334. The maximum Gasteiger partial charge on any atom is 0.218 e. The first-order valence-electron chi connectivity index (χ1n) is 5.68. The van der Waals surface area contributed by atoms with Crippen LogP contribution in [0.1, 0.15) is 11.1 Å². The van der Waals surface area contributed by atoms with Gasteiger partial charge in [0.05, 0.1) is 7.11 Å². The fourth-order valence-corrected chi connectivity index (χ4v) is 1.72. The van der Waals surface area contributed by atoms with Crippen molar-refractivity contribution in [3.8, 4) is 5.88 Å². The highest BCUT2D eigenvalue weighted by Gasteiger charge is 2.04. The van der Waals surface area contributed by atoms with Crippen LogP contribution in [-0.2, 0) is 6.54 Å². The van der Waals surface area contributed by atoms with Crippen molar-refractivity contribution in [2.45, 2.75) is 13.5 Å². The van der Waals surface area contributed by atoms with Gasteiger partial charge in [0.25, 0.3) is 0 Å². The summed E-state index contributed by atoms with van der Waals surface area (Å²) >= 11 is 0. The van der Waals surface area contributed by atoms with Gasteiger partial charge < -0.3 is 10.1 Å². The molecule has 0 unspecified atom stereocenters. The number of halogens is 1. The molecule has 0 aliphatic carbocycles. The number of ether oxygens (including phenoxy) is 1. The smallest absolute Gasteiger partial charge is 0.218 e. The van der Waals surface area contributed by atoms with Crippen LogP contribution in [0.2, 0.25) is 0 Å². The SMILES string of the molecule is COc1ncccc1CNc1cc(F)ccc1C. The molecule has 94 valence electrons. The van der Waals surface area contributed by atoms with Gasteiger partial charge in [0.15, 0.2) is 0 Å². The summed E-state index contributed by atoms with van der Waals surface area (Å²) in [4.78, 5) is 4.11. The molecule has 2 rings (SSSR count). The third kappa shape index (κ3) is 2.77. The number of hydrogen-bond donors (Lipinski definition) is 1. The molecule has 0 bridgehead atoms. The van der Waals surface area contributed by atoms with Crippen molar-refractivity contribution in [2.75, 3.05) is 12.4 Å². The maximum absolute atomic E-state index is 13.1. The van der Waals surface area contributed by atoms with Crippen molar-refractivity contribution in [3.05, 3.63) is 53.5 Å². The minimum absolute atomic E-state index is 0.249. The highest BCUT2D eigenvalue weighted by atomic mass is 19.1. The van der Waals surface area contributed by atoms with E-state index in [1.165, 1.54) is 12.1 Å². The number of anilines is 1. The van der Waals surface area contributed by atoms with Crippen LogP contribution in [0.25, 0.3) is 0 Å². The molecular formula is C14H15FN2O. The molecule has 1 aromatic carbocycles. The lowest BCUT2D eigenvalue weighted by atomic mass is 10.2. The van der Waals surface area contributed by atoms with E-state index in [0.29, 0.717) is 12.4 Å². The number of aromatic nitrogens is 1. The van der Waals surface area contributed by atoms with Gasteiger partial charge in [0.1, 0.15) is 5.82 Å². The predicted octanol–water partition coefficient (Wildman–Crippen LogP) is 3.15. The topological polar surface area (TPSA) is 34.1 Å². The van der Waals surface area contributed by atoms with Crippen LogP contribution < -0.4 is 10.1 Å². The summed E-state index contributed by atoms with van der Waals surface area (Å²) < 4.78 is 18.3. The van der Waals surface area contributed by atoms with Crippen LogP contribution in [0.15, 0.2) is 36.5 Å². The summed E-state index contributed by atoms with van der Waals surface area (Å²) in [6.07, 6.45) is 1.68. The summed E-state index contributed by atoms with van der Waals surface area (Å²) in [6, 6.07) is 8.45. The zero-order valence-corrected chi connectivity index (χ0v) is 10.4. The van der Waals surface area contributed by atoms with Crippen molar-refractivity contribution in [1.82, 2.24) is 4.98 Å². The molecule has 1 N–H and O–H groups in total. The number of pyridine rings is 1. The van der Waals surface area contributed by atoms with Crippen LogP contribution in [-0.4, -0.2) is 12.1 Å². The van der Waals surface area contributed by atoms with Crippen molar-refractivity contribution >= 4 is 5.69 Å². The lowest BCUT2D eigenvalue weighted by Gasteiger charge is -2.11. The standard InChI is InChI=1S/C14H15FN2O/c1-10-5-6-12(15)8-13(10)17-9-11-4-3-7-16-14(11)18-2/h3-8,17H,9H2,1-2H3. The van der Waals surface area contributed by atoms with E-state index < -0.39 is 0 Å². The molecule has 0 radical (unpaired) electrons. The summed E-state index contributed by atoms with van der Waals surface area (Å²) in [6.45, 7) is 2.48. The largest absolute Gasteiger partial charge is 0.481 e. The molecule has 18 heavy (non-hydrogen) atoms. The Bertz CT molecular complexity index is 543. The zero-order chi connectivity index (χ0) is 13.0. The number of aryl methyl sites for hydroxylation is 1. The average molecular weight is 246 g/mol. The van der Waals surface area contributed by atoms with Gasteiger partial charge >= 0.3 is 0 Å². The number of nitrogens with one attached hydrogen (secondary N) is 1. The molecule has 0 aliphatic rings. The lowest BCUT2D eigenvalue weighted by Crippen LogP contribution is -2.04. The minimum atomic E-state index is -0.249. The van der Waals surface area contributed by atoms with E-state index in [9.17, 15) is 4.39 Å². The van der Waals surface area contributed by atoms with E-state index in [2.05, 4.69) is 10.3 Å². The average Bonchev–Trinajstić information content (AvgIpc) is 2.40. The molecule has 0 atom stereocenters. The summed E-state index contributed by atoms with van der Waals surface area (Å²) in [5, 5.41) is 3.18. The van der Waals surface area contributed by atoms with E-state index in [0.717, 1.165) is 16.8 Å². The van der Waals surface area contributed by atoms with Gasteiger partial charge in [-0.1, -0.05) is 12.1 Å². The van der Waals surface area contributed by atoms with Crippen molar-refractivity contribution in [3.63, 3.8) is 0 Å². The van der Waals surface area contributed by atoms with Gasteiger partial charge in [-0.2, -0.15) is 0 Å². The Kier molecular flexibility index (Phi) is 3.77. The second kappa shape index (κ2) is 5.49. The number of hydrogen-bond acceptors (Lipinski definition) is 3. The molecule has 0 amide bonds. The Labute approximate surface area is 106 Å². The molecule has 0 spiro atoms. The van der Waals surface area contributed by atoms with E-state index in [1.807, 2.05) is 19.1 Å². The number of nitrogens with zero attached hydrogens (tertiary/aromatic N) is 1. The Morgan fingerprint density at radius 1 is 1.33 bits per heavy atom. The first-order chi connectivity index (χ1) is 8.70. The third-order valence-corrected chi connectivity index (χ3v) is 2.71. The van der Waals surface area contributed by atoms with Gasteiger partial charge in [0, 0.05) is 24.0 Å². The zero-order valence-electron chi connectivity index (χ0n) is 10.4. The Balaban J connectivity index is 2.14. The van der Waals surface area contributed by atoms with Gasteiger partial charge in [-0.05, 0) is 30.7 Å². The van der Waals surface area contributed by atoms with Crippen molar-refractivity contribution in [1.29, 1.82) is 0 Å². The second-order valence-electron chi connectivity index (χ2n) is 3.98. The first-order valence-corrected chi connectivity index (χ1v) is 5.68. The fourth-order valence-electron chi connectivity index (χ4n) is 1.72. The number of methoxy groups -OCH3 is 1. The van der Waals surface area contributed by atoms with Crippen LogP contribution in [0, 0.1) is 12.7 Å². The molecule has 1 aromatic heterocycles. The highest BCUT2D eigenvalue weighted by molar-refractivity contribution is 5.51. The molecule has 1 heterocycles. The highest BCUT2D eigenvalue weighted by Crippen LogP contribution is 2.19. The van der Waals surface area contributed by atoms with Crippen molar-refractivity contribution < 1.29 is 9.13 Å². The molecule has 3 nitrogen and oxygen atoms in total. The van der Waals surface area contributed by atoms with E-state index in [1.54, 1.807) is 19.4 Å². The molecule has 0 aliphatic heterocycles. The first kappa shape index (κ1) is 12.4. The predicted molar refractivity (Wildman–Crippen MR) is 69.3 cm³/mol. The van der Waals surface area contributed by atoms with E-state index >= 15 is 0 Å². The third-order valence-electron chi connectivity index (χ3n) is 2.71. The lowest BCUT2D eigenvalue weighted by molar-refractivity contribution is 0.393. The van der Waals surface area contributed by atoms with Gasteiger partial charge in [-0.3, -0.25) is 0 Å². The normalized spacial score (nSPS) is 10.2. The fraction of sp³-hybridized carbons (Fsp3) is 0.214. The number of benzene rings is 1. The molecule has 2 aromatic rings. The quantitative estimate of drug-likeness (QED) is 0.899. The van der Waals surface area contributed by atoms with Crippen LogP contribution in [0.3, 0.4) is 0 Å². The molecular weight excluding hydrogens is 231 g/mol. The molecule has 0 saturated heterocycles. The van der Waals surface area contributed by atoms with Gasteiger partial charge in [-0.15, -0.1) is 0 Å². The van der Waals surface area contributed by atoms with Gasteiger partial charge in [0.2, 0.25) is 5.88 Å². The van der Waals surface area contributed by atoms with Gasteiger partial charge in [-0.25, -0.2) is 9.37 Å². The summed E-state index contributed by atoms with van der Waals surface area (Å²) in [7, 11) is 1.58. The van der Waals surface area contributed by atoms with E-state index in [-0.39, 0.29) is 5.82 Å².